The number of furan rings is 1. The molecule has 5 aromatic carbocycles. The van der Waals surface area contributed by atoms with Crippen molar-refractivity contribution < 1.29 is 8.98 Å². The minimum atomic E-state index is -2.71. The van der Waals surface area contributed by atoms with Gasteiger partial charge >= 0.3 is 272 Å². The number of aryl methyl sites for hydroxylation is 2. The van der Waals surface area contributed by atoms with Gasteiger partial charge in [0.15, 0.2) is 0 Å². The summed E-state index contributed by atoms with van der Waals surface area (Å²) in [5.74, 6) is 10.4. The number of para-hydroxylation sites is 1. The Morgan fingerprint density at radius 2 is 1.18 bits per heavy atom. The van der Waals surface area contributed by atoms with Crippen LogP contribution in [0.3, 0.4) is 0 Å². The van der Waals surface area contributed by atoms with Crippen LogP contribution < -0.4 is 22.2 Å². The number of aromatic nitrogens is 1. The molecule has 7 aromatic rings. The van der Waals surface area contributed by atoms with Crippen molar-refractivity contribution in [3.05, 3.63) is 115 Å². The van der Waals surface area contributed by atoms with E-state index in [-0.39, 0.29) is 0 Å². The van der Waals surface area contributed by atoms with Crippen molar-refractivity contribution in [2.75, 3.05) is 0 Å². The van der Waals surface area contributed by atoms with Gasteiger partial charge in [0.05, 0.1) is 0 Å². The summed E-state index contributed by atoms with van der Waals surface area (Å²) < 4.78 is 15.8. The molecule has 2 nitrogen and oxygen atoms in total. The van der Waals surface area contributed by atoms with E-state index in [1.807, 2.05) is 0 Å². The van der Waals surface area contributed by atoms with Gasteiger partial charge in [0, 0.05) is 0 Å². The summed E-state index contributed by atoms with van der Waals surface area (Å²) in [6.45, 7) is 2.20. The van der Waals surface area contributed by atoms with Crippen LogP contribution in [-0.2, 0) is 7.05 Å². The van der Waals surface area contributed by atoms with Crippen LogP contribution in [0.25, 0.3) is 66.6 Å². The third-order valence-corrected chi connectivity index (χ3v) is 25.7. The van der Waals surface area contributed by atoms with Crippen molar-refractivity contribution in [3.8, 4) is 44.6 Å². The quantitative estimate of drug-likeness (QED) is 0.134. The maximum atomic E-state index is 7.12. The summed E-state index contributed by atoms with van der Waals surface area (Å²) >= 11 is -5.29. The van der Waals surface area contributed by atoms with Gasteiger partial charge in [-0.15, -0.1) is 0 Å². The SMILES string of the molecule is Cc1ccc2c(oc3c(-c4c[c]5c(c6[c]4[Ge]([CH3])([CH3])[c]4ccccc4-6)-c4cccc[c]4[Ge]5([CH3])[CH3])cccc32)c1-c1cccc[n+]1C. The number of rotatable bonds is 2. The summed E-state index contributed by atoms with van der Waals surface area (Å²) in [5.41, 5.74) is 14.2. The van der Waals surface area contributed by atoms with Gasteiger partial charge in [-0.05, 0) is 0 Å². The Morgan fingerprint density at radius 1 is 0.533 bits per heavy atom. The zero-order valence-corrected chi connectivity index (χ0v) is 30.9. The molecule has 0 bridgehead atoms. The molecule has 0 unspecified atom stereocenters. The predicted molar refractivity (Wildman–Crippen MR) is 195 cm³/mol. The number of hydrogen-bond acceptors (Lipinski definition) is 1. The monoisotopic (exact) mass is 706 g/mol. The molecule has 2 aliphatic rings. The zero-order valence-electron chi connectivity index (χ0n) is 26.7. The van der Waals surface area contributed by atoms with Crippen molar-refractivity contribution >= 4 is 66.1 Å². The van der Waals surface area contributed by atoms with E-state index in [1.165, 1.54) is 61.0 Å². The molecule has 45 heavy (non-hydrogen) atoms. The molecule has 0 aliphatic carbocycles. The van der Waals surface area contributed by atoms with Gasteiger partial charge in [0.1, 0.15) is 0 Å². The van der Waals surface area contributed by atoms with E-state index in [0.29, 0.717) is 0 Å². The van der Waals surface area contributed by atoms with Gasteiger partial charge in [-0.3, -0.25) is 0 Å². The summed E-state index contributed by atoms with van der Waals surface area (Å²) in [4.78, 5) is 0. The average Bonchev–Trinajstić information content (AvgIpc) is 3.61. The molecule has 0 N–H and O–H groups in total. The van der Waals surface area contributed by atoms with E-state index in [0.717, 1.165) is 11.2 Å². The zero-order chi connectivity index (χ0) is 30.8. The van der Waals surface area contributed by atoms with Gasteiger partial charge in [0.25, 0.3) is 0 Å². The second kappa shape index (κ2) is 9.34. The van der Waals surface area contributed by atoms with Crippen LogP contribution in [0.15, 0.2) is 114 Å². The molecule has 0 radical (unpaired) electrons. The second-order valence-corrected chi connectivity index (χ2v) is 32.1. The Morgan fingerprint density at radius 3 is 1.93 bits per heavy atom. The van der Waals surface area contributed by atoms with Gasteiger partial charge in [0.2, 0.25) is 0 Å². The van der Waals surface area contributed by atoms with Crippen LogP contribution >= 0.6 is 0 Å². The first-order valence-corrected chi connectivity index (χ1v) is 28.6. The molecule has 0 spiro atoms. The fourth-order valence-electron chi connectivity index (χ4n) is 8.63. The van der Waals surface area contributed by atoms with E-state index in [1.54, 1.807) is 17.6 Å². The first-order chi connectivity index (χ1) is 21.7. The number of fused-ring (bicyclic) bond motifs is 10. The summed E-state index contributed by atoms with van der Waals surface area (Å²) in [6.07, 6.45) is 2.12. The first-order valence-electron chi connectivity index (χ1n) is 16.0. The van der Waals surface area contributed by atoms with Crippen molar-refractivity contribution in [2.24, 2.45) is 7.05 Å². The topological polar surface area (TPSA) is 17.0 Å². The summed E-state index contributed by atoms with van der Waals surface area (Å²) in [7, 11) is 2.12. The van der Waals surface area contributed by atoms with Crippen LogP contribution in [0.4, 0.5) is 0 Å². The molecule has 2 aromatic heterocycles. The van der Waals surface area contributed by atoms with E-state index in [9.17, 15) is 0 Å². The van der Waals surface area contributed by atoms with Crippen LogP contribution in [0.5, 0.6) is 0 Å². The molecule has 218 valence electrons. The Bertz CT molecular complexity index is 2410. The van der Waals surface area contributed by atoms with Gasteiger partial charge in [-0.25, -0.2) is 0 Å². The third kappa shape index (κ3) is 3.56. The van der Waals surface area contributed by atoms with Crippen LogP contribution in [0, 0.1) is 6.92 Å². The van der Waals surface area contributed by atoms with Crippen molar-refractivity contribution in [2.45, 2.75) is 29.9 Å². The third-order valence-electron chi connectivity index (χ3n) is 10.8. The van der Waals surface area contributed by atoms with E-state index in [4.69, 9.17) is 4.42 Å². The van der Waals surface area contributed by atoms with Crippen molar-refractivity contribution in [1.29, 1.82) is 0 Å². The second-order valence-electron chi connectivity index (χ2n) is 14.1. The van der Waals surface area contributed by atoms with Crippen molar-refractivity contribution in [3.63, 3.8) is 0 Å². The Hall–Kier alpha value is -3.86. The van der Waals surface area contributed by atoms with Gasteiger partial charge in [-0.2, -0.15) is 0 Å². The maximum absolute atomic E-state index is 7.12. The Balaban J connectivity index is 1.42. The predicted octanol–water partition coefficient (Wildman–Crippen LogP) is 7.66. The fourth-order valence-corrected chi connectivity index (χ4v) is 22.3. The molecule has 0 amide bonds. The molecule has 0 saturated heterocycles. The van der Waals surface area contributed by atoms with Gasteiger partial charge in [-0.1, -0.05) is 0 Å². The molecular formula is C41H36Ge2NO+. The summed E-state index contributed by atoms with van der Waals surface area (Å²) in [5, 5.41) is 2.38. The van der Waals surface area contributed by atoms with E-state index < -0.39 is 26.5 Å². The van der Waals surface area contributed by atoms with Gasteiger partial charge < -0.3 is 0 Å². The molecule has 0 atom stereocenters. The molecule has 0 fully saturated rings. The Labute approximate surface area is 270 Å². The summed E-state index contributed by atoms with van der Waals surface area (Å²) in [6, 6.07) is 39.0. The standard InChI is InChI=1S/C41H36Ge2NO/c1-25-21-22-28-26-16-13-17-27(40(26)45-41(28)36(25)35-20-11-12-23-44(35)6)31-24-34-37(29-14-7-9-18-32(29)42(34,2)3)38-30-15-8-10-19-33(30)43(4,5)39(31)38/h7-24H,1-6H3/q+1. The average molecular weight is 704 g/mol. The first kappa shape index (κ1) is 27.4. The number of hydrogen-bond donors (Lipinski definition) is 0. The molecular weight excluding hydrogens is 668 g/mol. The number of benzene rings is 5. The van der Waals surface area contributed by atoms with Crippen molar-refractivity contribution in [1.82, 2.24) is 0 Å². The minimum absolute atomic E-state index is 0.978. The number of pyridine rings is 1. The molecule has 0 saturated carbocycles. The Kier molecular flexibility index (Phi) is 5.70. The molecule has 9 rings (SSSR count). The van der Waals surface area contributed by atoms with Crippen LogP contribution in [0.2, 0.25) is 23.0 Å². The fraction of sp³-hybridized carbons (Fsp3) is 0.146. The molecule has 2 aliphatic heterocycles. The number of nitrogens with zero attached hydrogens (tertiary/aromatic N) is 1. The molecule has 4 heteroatoms. The molecule has 4 heterocycles. The normalized spacial score (nSPS) is 15.2. The van der Waals surface area contributed by atoms with Crippen LogP contribution in [0.1, 0.15) is 5.56 Å². The van der Waals surface area contributed by atoms with Crippen LogP contribution in [-0.4, -0.2) is 26.5 Å². The van der Waals surface area contributed by atoms with E-state index >= 15 is 0 Å². The van der Waals surface area contributed by atoms with E-state index in [2.05, 4.69) is 151 Å².